The van der Waals surface area contributed by atoms with Gasteiger partial charge in [0.15, 0.2) is 0 Å². The molecule has 5 nitrogen and oxygen atoms in total. The fourth-order valence-electron chi connectivity index (χ4n) is 2.87. The SMILES string of the molecule is O=S(=O)(c1cc(F)cc(F)c1)N1CCN(C[C@@H](O)C2CC2)CC1. The highest BCUT2D eigenvalue weighted by Crippen LogP contribution is 2.33. The molecule has 0 radical (unpaired) electrons. The highest BCUT2D eigenvalue weighted by molar-refractivity contribution is 7.89. The quantitative estimate of drug-likeness (QED) is 0.866. The van der Waals surface area contributed by atoms with Crippen LogP contribution in [-0.2, 0) is 10.0 Å². The summed E-state index contributed by atoms with van der Waals surface area (Å²) in [5.41, 5.74) is 0. The van der Waals surface area contributed by atoms with Crippen molar-refractivity contribution in [3.8, 4) is 0 Å². The summed E-state index contributed by atoms with van der Waals surface area (Å²) in [5.74, 6) is -1.43. The zero-order valence-electron chi connectivity index (χ0n) is 12.7. The fourth-order valence-corrected chi connectivity index (χ4v) is 4.34. The van der Waals surface area contributed by atoms with Crippen LogP contribution >= 0.6 is 0 Å². The van der Waals surface area contributed by atoms with Crippen molar-refractivity contribution >= 4 is 10.0 Å². The fraction of sp³-hybridized carbons (Fsp3) is 0.600. The van der Waals surface area contributed by atoms with E-state index < -0.39 is 21.7 Å². The Morgan fingerprint density at radius 3 is 2.17 bits per heavy atom. The number of hydrogen-bond acceptors (Lipinski definition) is 4. The lowest BCUT2D eigenvalue weighted by Crippen LogP contribution is -2.50. The Morgan fingerprint density at radius 2 is 1.65 bits per heavy atom. The first-order valence-corrected chi connectivity index (χ1v) is 9.17. The van der Waals surface area contributed by atoms with E-state index in [2.05, 4.69) is 0 Å². The lowest BCUT2D eigenvalue weighted by molar-refractivity contribution is 0.0782. The molecule has 0 unspecified atom stereocenters. The minimum Gasteiger partial charge on any atom is -0.392 e. The largest absolute Gasteiger partial charge is 0.392 e. The zero-order valence-corrected chi connectivity index (χ0v) is 13.5. The predicted molar refractivity (Wildman–Crippen MR) is 80.3 cm³/mol. The smallest absolute Gasteiger partial charge is 0.243 e. The molecule has 1 aliphatic carbocycles. The number of halogens is 2. The number of β-amino-alcohol motifs (C(OH)–C–C–N with tert-alkyl or cyclic N) is 1. The molecule has 2 fully saturated rings. The molecule has 1 aromatic carbocycles. The van der Waals surface area contributed by atoms with Gasteiger partial charge in [-0.3, -0.25) is 4.90 Å². The van der Waals surface area contributed by atoms with E-state index in [0.717, 1.165) is 25.0 Å². The van der Waals surface area contributed by atoms with Gasteiger partial charge in [-0.2, -0.15) is 4.31 Å². The number of aliphatic hydroxyl groups excluding tert-OH is 1. The van der Waals surface area contributed by atoms with Crippen molar-refractivity contribution in [3.63, 3.8) is 0 Å². The first-order chi connectivity index (χ1) is 10.9. The van der Waals surface area contributed by atoms with Crippen LogP contribution in [0.25, 0.3) is 0 Å². The topological polar surface area (TPSA) is 60.9 Å². The molecule has 1 aliphatic heterocycles. The predicted octanol–water partition coefficient (Wildman–Crippen LogP) is 1.04. The Balaban J connectivity index is 1.63. The van der Waals surface area contributed by atoms with Gasteiger partial charge in [0.1, 0.15) is 11.6 Å². The molecule has 3 rings (SSSR count). The lowest BCUT2D eigenvalue weighted by Gasteiger charge is -2.35. The monoisotopic (exact) mass is 346 g/mol. The Labute approximate surface area is 134 Å². The summed E-state index contributed by atoms with van der Waals surface area (Å²) in [7, 11) is -3.90. The summed E-state index contributed by atoms with van der Waals surface area (Å²) in [6.07, 6.45) is 1.76. The molecule has 1 aromatic rings. The molecule has 1 N–H and O–H groups in total. The lowest BCUT2D eigenvalue weighted by atomic mass is 10.2. The highest BCUT2D eigenvalue weighted by Gasteiger charge is 2.33. The number of nitrogens with zero attached hydrogens (tertiary/aromatic N) is 2. The second kappa shape index (κ2) is 6.43. The van der Waals surface area contributed by atoms with Crippen LogP contribution < -0.4 is 0 Å². The Hall–Kier alpha value is -1.09. The molecule has 128 valence electrons. The maximum absolute atomic E-state index is 13.3. The third-order valence-corrected chi connectivity index (χ3v) is 6.29. The average molecular weight is 346 g/mol. The molecular formula is C15H20F2N2O3S. The normalized spacial score (nSPS) is 22.2. The molecule has 8 heteroatoms. The second-order valence-electron chi connectivity index (χ2n) is 6.21. The third-order valence-electron chi connectivity index (χ3n) is 4.42. The van der Waals surface area contributed by atoms with E-state index in [4.69, 9.17) is 0 Å². The van der Waals surface area contributed by atoms with Crippen LogP contribution in [0.5, 0.6) is 0 Å². The van der Waals surface area contributed by atoms with Crippen molar-refractivity contribution in [1.29, 1.82) is 0 Å². The molecule has 0 amide bonds. The Kier molecular flexibility index (Phi) is 4.68. The van der Waals surface area contributed by atoms with Gasteiger partial charge in [-0.15, -0.1) is 0 Å². The molecular weight excluding hydrogens is 326 g/mol. The number of sulfonamides is 1. The van der Waals surface area contributed by atoms with Crippen LogP contribution in [0.15, 0.2) is 23.1 Å². The average Bonchev–Trinajstić information content (AvgIpc) is 3.31. The van der Waals surface area contributed by atoms with Crippen LogP contribution in [0.4, 0.5) is 8.78 Å². The van der Waals surface area contributed by atoms with Crippen molar-refractivity contribution < 1.29 is 22.3 Å². The summed E-state index contributed by atoms with van der Waals surface area (Å²) >= 11 is 0. The first kappa shape index (κ1) is 16.8. The molecule has 2 aliphatic rings. The third kappa shape index (κ3) is 3.88. The molecule has 1 saturated heterocycles. The number of benzene rings is 1. The summed E-state index contributed by atoms with van der Waals surface area (Å²) in [6, 6.07) is 2.32. The summed E-state index contributed by atoms with van der Waals surface area (Å²) in [6.45, 7) is 2.05. The van der Waals surface area contributed by atoms with Gasteiger partial charge in [-0.25, -0.2) is 17.2 Å². The van der Waals surface area contributed by atoms with Crippen LogP contribution in [0.3, 0.4) is 0 Å². The van der Waals surface area contributed by atoms with Crippen molar-refractivity contribution in [1.82, 2.24) is 9.21 Å². The van der Waals surface area contributed by atoms with Crippen LogP contribution in [0, 0.1) is 17.6 Å². The van der Waals surface area contributed by atoms with Gasteiger partial charge < -0.3 is 5.11 Å². The molecule has 1 heterocycles. The number of hydrogen-bond donors (Lipinski definition) is 1. The van der Waals surface area contributed by atoms with Crippen LogP contribution in [-0.4, -0.2) is 61.6 Å². The van der Waals surface area contributed by atoms with Gasteiger partial charge in [0, 0.05) is 38.8 Å². The molecule has 1 atom stereocenters. The van der Waals surface area contributed by atoms with Crippen LogP contribution in [0.2, 0.25) is 0 Å². The van der Waals surface area contributed by atoms with Crippen LogP contribution in [0.1, 0.15) is 12.8 Å². The van der Waals surface area contributed by atoms with E-state index in [1.54, 1.807) is 0 Å². The van der Waals surface area contributed by atoms with Crippen molar-refractivity contribution in [3.05, 3.63) is 29.8 Å². The Bertz CT molecular complexity index is 651. The molecule has 0 aromatic heterocycles. The summed E-state index contributed by atoms with van der Waals surface area (Å²) in [4.78, 5) is 1.67. The van der Waals surface area contributed by atoms with Gasteiger partial charge in [0.25, 0.3) is 0 Å². The van der Waals surface area contributed by atoms with E-state index in [1.165, 1.54) is 4.31 Å². The van der Waals surface area contributed by atoms with E-state index in [-0.39, 0.29) is 24.1 Å². The van der Waals surface area contributed by atoms with Gasteiger partial charge in [-0.05, 0) is 30.9 Å². The van der Waals surface area contributed by atoms with E-state index in [1.807, 2.05) is 4.90 Å². The molecule has 1 saturated carbocycles. The minimum absolute atomic E-state index is 0.248. The van der Waals surface area contributed by atoms with Gasteiger partial charge in [0.05, 0.1) is 11.0 Å². The van der Waals surface area contributed by atoms with E-state index in [0.29, 0.717) is 31.6 Å². The van der Waals surface area contributed by atoms with E-state index in [9.17, 15) is 22.3 Å². The number of aliphatic hydroxyl groups is 1. The highest BCUT2D eigenvalue weighted by atomic mass is 32.2. The van der Waals surface area contributed by atoms with E-state index >= 15 is 0 Å². The van der Waals surface area contributed by atoms with Gasteiger partial charge in [0.2, 0.25) is 10.0 Å². The van der Waals surface area contributed by atoms with Gasteiger partial charge >= 0.3 is 0 Å². The first-order valence-electron chi connectivity index (χ1n) is 7.73. The molecule has 23 heavy (non-hydrogen) atoms. The number of piperazine rings is 1. The van der Waals surface area contributed by atoms with Crippen molar-refractivity contribution in [2.75, 3.05) is 32.7 Å². The standard InChI is InChI=1S/C15H20F2N2O3S/c16-12-7-13(17)9-14(8-12)23(21,22)19-5-3-18(4-6-19)10-15(20)11-1-2-11/h7-9,11,15,20H,1-6,10H2/t15-/m1/s1. The van der Waals surface area contributed by atoms with Crippen molar-refractivity contribution in [2.45, 2.75) is 23.8 Å². The second-order valence-corrected chi connectivity index (χ2v) is 8.15. The number of rotatable bonds is 5. The zero-order chi connectivity index (χ0) is 16.6. The molecule has 0 spiro atoms. The Morgan fingerprint density at radius 1 is 1.09 bits per heavy atom. The maximum Gasteiger partial charge on any atom is 0.243 e. The van der Waals surface area contributed by atoms with Crippen molar-refractivity contribution in [2.24, 2.45) is 5.92 Å². The maximum atomic E-state index is 13.3. The minimum atomic E-state index is -3.90. The van der Waals surface area contributed by atoms with Gasteiger partial charge in [-0.1, -0.05) is 0 Å². The summed E-state index contributed by atoms with van der Waals surface area (Å²) in [5, 5.41) is 9.95. The summed E-state index contributed by atoms with van der Waals surface area (Å²) < 4.78 is 52.7. The molecule has 0 bridgehead atoms.